The first-order valence-corrected chi connectivity index (χ1v) is 22.7. The maximum absolute atomic E-state index is 12.6. The number of carbonyl (C=O) groups is 8. The molecule has 11 N–H and O–H groups in total. The third-order valence-electron chi connectivity index (χ3n) is 9.44. The fraction of sp³-hybridized carbons (Fsp3) is 0.814. The molecule has 2 atom stereocenters. The Balaban J connectivity index is -0.000000256. The van der Waals surface area contributed by atoms with E-state index >= 15 is 0 Å². The number of alkyl carbamates (subject to hydrolysis) is 1. The predicted octanol–water partition coefficient (Wildman–Crippen LogP) is 1.67. The molecule has 0 aliphatic heterocycles. The standard InChI is InChI=1S/C30H58N8O6.C7H14O3.C6H13NO3.4H2S/c1-3-27(41)37(18-14-24(39)11-7-5-6-10-23(13-16-31)29(33)43)20-21-38(28(42)4-2)19-15-26(40)35-17-9-8-12-25(30(34)44)36-22-32;1-3-4-7(8)10-6-5-9-2;1-3-7-6(8)10-5-4-9-2;;;;/h23,25,36H,3-22,31-32H2,1-2H3,(H2,33,43)(H2,34,44)(H,35,40);3-6H2,1-2H3;3-5H2,1-2H3,(H,7,8);4*1H2/t23-,25+;;;;;;/m1....../s1. The van der Waals surface area contributed by atoms with Crippen molar-refractivity contribution in [3.8, 4) is 0 Å². The van der Waals surface area contributed by atoms with Gasteiger partial charge in [-0.25, -0.2) is 4.79 Å². The van der Waals surface area contributed by atoms with E-state index in [1.54, 1.807) is 37.9 Å². The van der Waals surface area contributed by atoms with Crippen molar-refractivity contribution < 1.29 is 57.3 Å². The molecule has 0 rings (SSSR count). The Morgan fingerprint density at radius 3 is 1.59 bits per heavy atom. The second kappa shape index (κ2) is 56.5. The van der Waals surface area contributed by atoms with E-state index in [4.69, 9.17) is 32.4 Å². The van der Waals surface area contributed by atoms with Gasteiger partial charge in [0.25, 0.3) is 0 Å². The van der Waals surface area contributed by atoms with Gasteiger partial charge < -0.3 is 62.3 Å². The lowest BCUT2D eigenvalue weighted by molar-refractivity contribution is -0.145. The maximum atomic E-state index is 12.6. The second-order valence-corrected chi connectivity index (χ2v) is 14.6. The van der Waals surface area contributed by atoms with Crippen molar-refractivity contribution >= 4 is 101 Å². The predicted molar refractivity (Wildman–Crippen MR) is 286 cm³/mol. The minimum atomic E-state index is -0.498. The van der Waals surface area contributed by atoms with Crippen molar-refractivity contribution in [1.82, 2.24) is 25.8 Å². The van der Waals surface area contributed by atoms with E-state index in [1.165, 1.54) is 0 Å². The first-order valence-electron chi connectivity index (χ1n) is 22.7. The number of nitrogens with one attached hydrogen (secondary N) is 3. The molecule has 21 nitrogen and oxygen atoms in total. The van der Waals surface area contributed by atoms with Crippen LogP contribution in [-0.2, 0) is 52.5 Å². The van der Waals surface area contributed by atoms with Gasteiger partial charge in [-0.3, -0.25) is 38.9 Å². The number of nitrogens with two attached hydrogens (primary N) is 4. The van der Waals surface area contributed by atoms with Crippen molar-refractivity contribution in [1.29, 1.82) is 0 Å². The van der Waals surface area contributed by atoms with Gasteiger partial charge >= 0.3 is 12.1 Å². The summed E-state index contributed by atoms with van der Waals surface area (Å²) in [6.07, 6.45) is 7.67. The highest BCUT2D eigenvalue weighted by molar-refractivity contribution is 7.59. The molecule has 0 radical (unpaired) electrons. The highest BCUT2D eigenvalue weighted by atomic mass is 32.1. The number of carbonyl (C=O) groups excluding carboxylic acids is 8. The third-order valence-corrected chi connectivity index (χ3v) is 9.44. The number of primary amides is 2. The van der Waals surface area contributed by atoms with Crippen LogP contribution in [-0.4, -0.2) is 156 Å². The molecular weight excluding hydrogens is 963 g/mol. The van der Waals surface area contributed by atoms with Crippen LogP contribution >= 0.6 is 54.0 Å². The fourth-order valence-corrected chi connectivity index (χ4v) is 5.76. The lowest BCUT2D eigenvalue weighted by Crippen LogP contribution is -2.43. The third kappa shape index (κ3) is 49.4. The van der Waals surface area contributed by atoms with Gasteiger partial charge in [0.2, 0.25) is 29.5 Å². The SMILES string of the molecule is CCC(=O)N(CCC(=O)CCCCC[C@H](CCN)C(N)=O)CCN(CCC(=O)NCCCC[C@H](NCN)C(N)=O)C(=O)CC.CCCC(=O)OCCOC.CCNC(=O)OCCOC.S.S.S.S. The molecule has 68 heavy (non-hydrogen) atoms. The first-order chi connectivity index (χ1) is 30.6. The van der Waals surface area contributed by atoms with Crippen molar-refractivity contribution in [3.63, 3.8) is 0 Å². The van der Waals surface area contributed by atoms with Gasteiger partial charge in [-0.2, -0.15) is 54.0 Å². The van der Waals surface area contributed by atoms with E-state index in [2.05, 4.69) is 25.4 Å². The van der Waals surface area contributed by atoms with Gasteiger partial charge in [0, 0.05) is 105 Å². The van der Waals surface area contributed by atoms with E-state index < -0.39 is 11.9 Å². The summed E-state index contributed by atoms with van der Waals surface area (Å²) in [5.74, 6) is -1.52. The molecule has 0 aliphatic carbocycles. The second-order valence-electron chi connectivity index (χ2n) is 14.6. The number of nitrogens with zero attached hydrogens (tertiary/aromatic N) is 2. The number of unbranched alkanes of at least 4 members (excludes halogenated alkanes) is 3. The van der Waals surface area contributed by atoms with Crippen LogP contribution in [0, 0.1) is 5.92 Å². The van der Waals surface area contributed by atoms with Crippen LogP contribution in [0.15, 0.2) is 0 Å². The van der Waals surface area contributed by atoms with Crippen LogP contribution in [0.2, 0.25) is 0 Å². The van der Waals surface area contributed by atoms with Gasteiger partial charge in [0.1, 0.15) is 19.0 Å². The molecule has 0 fully saturated rings. The molecule has 0 heterocycles. The van der Waals surface area contributed by atoms with E-state index in [9.17, 15) is 38.4 Å². The monoisotopic (exact) mass is 1060 g/mol. The maximum Gasteiger partial charge on any atom is 0.407 e. The summed E-state index contributed by atoms with van der Waals surface area (Å²) in [6.45, 7) is 11.5. The highest BCUT2D eigenvalue weighted by Gasteiger charge is 2.19. The Hall–Kier alpha value is -3.04. The zero-order valence-corrected chi connectivity index (χ0v) is 45.8. The molecule has 0 spiro atoms. The van der Waals surface area contributed by atoms with Crippen molar-refractivity contribution in [2.75, 3.05) is 93.1 Å². The molecule has 0 saturated carbocycles. The average Bonchev–Trinajstić information content (AvgIpc) is 3.26. The molecular formula is C43H93N9O12S4. The van der Waals surface area contributed by atoms with Crippen LogP contribution < -0.4 is 38.9 Å². The zero-order chi connectivity index (χ0) is 49.0. The van der Waals surface area contributed by atoms with Gasteiger partial charge in [-0.1, -0.05) is 33.6 Å². The van der Waals surface area contributed by atoms with Crippen LogP contribution in [0.5, 0.6) is 0 Å². The lowest BCUT2D eigenvalue weighted by atomic mass is 9.96. The number of ketones is 1. The van der Waals surface area contributed by atoms with Crippen molar-refractivity contribution in [2.24, 2.45) is 28.9 Å². The van der Waals surface area contributed by atoms with Crippen molar-refractivity contribution in [2.45, 2.75) is 130 Å². The van der Waals surface area contributed by atoms with E-state index in [-0.39, 0.29) is 160 Å². The normalized spacial score (nSPS) is 10.6. The van der Waals surface area contributed by atoms with E-state index in [0.717, 1.165) is 19.3 Å². The average molecular weight is 1060 g/mol. The van der Waals surface area contributed by atoms with Gasteiger partial charge in [-0.15, -0.1) is 0 Å². The summed E-state index contributed by atoms with van der Waals surface area (Å²) in [7, 11) is 3.13. The fourth-order valence-electron chi connectivity index (χ4n) is 5.76. The number of hydrogen-bond donors (Lipinski definition) is 7. The Morgan fingerprint density at radius 1 is 0.574 bits per heavy atom. The van der Waals surface area contributed by atoms with Crippen molar-refractivity contribution in [3.05, 3.63) is 0 Å². The number of rotatable bonds is 37. The number of Topliss-reactive ketones (excluding diaryl/α,β-unsaturated/α-hetero) is 1. The number of esters is 1. The molecule has 0 aliphatic rings. The van der Waals surface area contributed by atoms with E-state index in [1.807, 2.05) is 13.8 Å². The molecule has 0 saturated heterocycles. The summed E-state index contributed by atoms with van der Waals surface area (Å²) in [6, 6.07) is -0.498. The number of ether oxygens (including phenoxy) is 4. The molecule has 0 unspecified atom stereocenters. The Bertz CT molecular complexity index is 1210. The lowest BCUT2D eigenvalue weighted by Gasteiger charge is -2.27. The number of hydrogen-bond acceptors (Lipinski definition) is 15. The Labute approximate surface area is 434 Å². The van der Waals surface area contributed by atoms with Gasteiger partial charge in [-0.05, 0) is 58.4 Å². The summed E-state index contributed by atoms with van der Waals surface area (Å²) < 4.78 is 18.8. The topological polar surface area (TPSA) is 320 Å². The summed E-state index contributed by atoms with van der Waals surface area (Å²) in [4.78, 5) is 97.1. The molecule has 0 aromatic heterocycles. The number of methoxy groups -OCH3 is 2. The number of amides is 6. The summed E-state index contributed by atoms with van der Waals surface area (Å²) in [5, 5.41) is 8.14. The molecule has 6 amide bonds. The summed E-state index contributed by atoms with van der Waals surface area (Å²) >= 11 is 0. The van der Waals surface area contributed by atoms with Gasteiger partial charge in [0.05, 0.1) is 19.3 Å². The molecule has 0 aromatic rings. The smallest absolute Gasteiger partial charge is 0.407 e. The minimum absolute atomic E-state index is 0. The first kappa shape index (κ1) is 79.1. The highest BCUT2D eigenvalue weighted by Crippen LogP contribution is 2.14. The quantitative estimate of drug-likeness (QED) is 0.0264. The van der Waals surface area contributed by atoms with Crippen LogP contribution in [0.4, 0.5) is 4.79 Å². The van der Waals surface area contributed by atoms with Gasteiger partial charge in [0.15, 0.2) is 0 Å². The van der Waals surface area contributed by atoms with E-state index in [0.29, 0.717) is 97.4 Å². The van der Waals surface area contributed by atoms with Crippen LogP contribution in [0.1, 0.15) is 124 Å². The summed E-state index contributed by atoms with van der Waals surface area (Å²) in [5.41, 5.74) is 21.7. The molecule has 406 valence electrons. The largest absolute Gasteiger partial charge is 0.463 e. The Morgan fingerprint density at radius 2 is 1.12 bits per heavy atom. The zero-order valence-electron chi connectivity index (χ0n) is 41.8. The Kier molecular flexibility index (Phi) is 65.8. The van der Waals surface area contributed by atoms with Crippen LogP contribution in [0.25, 0.3) is 0 Å². The minimum Gasteiger partial charge on any atom is -0.463 e. The molecule has 0 aromatic carbocycles. The molecule has 0 bridgehead atoms. The van der Waals surface area contributed by atoms with Crippen LogP contribution in [0.3, 0.4) is 0 Å². The molecule has 25 heteroatoms.